The molecule has 3 rings (SSSR count). The van der Waals surface area contributed by atoms with E-state index in [4.69, 9.17) is 16.6 Å². The van der Waals surface area contributed by atoms with E-state index in [-0.39, 0.29) is 5.92 Å². The minimum Gasteiger partial charge on any atom is -0.352 e. The van der Waals surface area contributed by atoms with Crippen LogP contribution >= 0.6 is 11.6 Å². The molecule has 0 bridgehead atoms. The highest BCUT2D eigenvalue weighted by atomic mass is 35.5. The number of nitrogens with zero attached hydrogens (tertiary/aromatic N) is 4. The average molecular weight is 438 g/mol. The number of nitrogens with one attached hydrogen (secondary N) is 1. The maximum Gasteiger partial charge on any atom is 0.105 e. The molecule has 2 aromatic heterocycles. The van der Waals surface area contributed by atoms with Crippen molar-refractivity contribution in [2.75, 3.05) is 14.1 Å². The van der Waals surface area contributed by atoms with Gasteiger partial charge in [0.1, 0.15) is 5.82 Å². The van der Waals surface area contributed by atoms with Gasteiger partial charge in [-0.25, -0.2) is 4.98 Å². The van der Waals surface area contributed by atoms with Crippen molar-refractivity contribution in [3.63, 3.8) is 0 Å². The normalized spacial score (nSPS) is 13.0. The van der Waals surface area contributed by atoms with Crippen LogP contribution in [0.3, 0.4) is 0 Å². The SMILES string of the molecule is C=C(C)N(C)/C(=C\C)C(c1ccc2nc(C)c(CNC)c(Cl)c2c1)c1cnc(C)n1C. The zero-order valence-corrected chi connectivity index (χ0v) is 20.3. The van der Waals surface area contributed by atoms with Gasteiger partial charge in [0.25, 0.3) is 0 Å². The van der Waals surface area contributed by atoms with Crippen molar-refractivity contribution >= 4 is 22.5 Å². The highest BCUT2D eigenvalue weighted by molar-refractivity contribution is 6.36. The Labute approximate surface area is 190 Å². The Balaban J connectivity index is 2.28. The van der Waals surface area contributed by atoms with Gasteiger partial charge in [-0.2, -0.15) is 0 Å². The molecular formula is C25H32ClN5. The van der Waals surface area contributed by atoms with E-state index in [2.05, 4.69) is 71.6 Å². The quantitative estimate of drug-likeness (QED) is 0.533. The number of imidazole rings is 1. The Kier molecular flexibility index (Phi) is 6.87. The molecule has 0 fully saturated rings. The lowest BCUT2D eigenvalue weighted by Crippen LogP contribution is -2.23. The van der Waals surface area contributed by atoms with E-state index in [9.17, 15) is 0 Å². The van der Waals surface area contributed by atoms with Crippen LogP contribution in [0.1, 0.15) is 48.1 Å². The molecule has 1 atom stereocenters. The van der Waals surface area contributed by atoms with Gasteiger partial charge in [0, 0.05) is 54.9 Å². The molecule has 0 aliphatic carbocycles. The fourth-order valence-electron chi connectivity index (χ4n) is 4.01. The van der Waals surface area contributed by atoms with E-state index < -0.39 is 0 Å². The summed E-state index contributed by atoms with van der Waals surface area (Å²) in [7, 11) is 6.03. The molecular weight excluding hydrogens is 406 g/mol. The van der Waals surface area contributed by atoms with E-state index >= 15 is 0 Å². The second kappa shape index (κ2) is 9.25. The van der Waals surface area contributed by atoms with Gasteiger partial charge < -0.3 is 14.8 Å². The first-order valence-electron chi connectivity index (χ1n) is 10.5. The van der Waals surface area contributed by atoms with Crippen LogP contribution in [0.5, 0.6) is 0 Å². The molecule has 0 amide bonds. The predicted molar refractivity (Wildman–Crippen MR) is 130 cm³/mol. The third-order valence-electron chi connectivity index (χ3n) is 6.04. The summed E-state index contributed by atoms with van der Waals surface area (Å²) in [6.07, 6.45) is 4.11. The lowest BCUT2D eigenvalue weighted by atomic mass is 9.90. The molecule has 3 aromatic rings. The minimum atomic E-state index is -0.0209. The van der Waals surface area contributed by atoms with E-state index in [0.29, 0.717) is 6.54 Å². The summed E-state index contributed by atoms with van der Waals surface area (Å²) >= 11 is 6.87. The van der Waals surface area contributed by atoms with Gasteiger partial charge in [0.15, 0.2) is 0 Å². The number of hydrogen-bond donors (Lipinski definition) is 1. The fourth-order valence-corrected chi connectivity index (χ4v) is 4.37. The number of aryl methyl sites for hydroxylation is 2. The number of fused-ring (bicyclic) bond motifs is 1. The summed E-state index contributed by atoms with van der Waals surface area (Å²) in [5.41, 5.74) is 7.26. The summed E-state index contributed by atoms with van der Waals surface area (Å²) in [5, 5.41) is 4.92. The number of hydrogen-bond acceptors (Lipinski definition) is 4. The molecule has 0 aliphatic rings. The maximum atomic E-state index is 6.87. The predicted octanol–water partition coefficient (Wildman–Crippen LogP) is 5.46. The number of aromatic nitrogens is 3. The van der Waals surface area contributed by atoms with Crippen molar-refractivity contribution in [2.24, 2.45) is 7.05 Å². The van der Waals surface area contributed by atoms with Crippen LogP contribution in [0, 0.1) is 13.8 Å². The Morgan fingerprint density at radius 2 is 2.06 bits per heavy atom. The van der Waals surface area contributed by atoms with Crippen LogP contribution < -0.4 is 5.32 Å². The van der Waals surface area contributed by atoms with Crippen LogP contribution in [0.4, 0.5) is 0 Å². The highest BCUT2D eigenvalue weighted by Gasteiger charge is 2.26. The first-order valence-corrected chi connectivity index (χ1v) is 10.9. The van der Waals surface area contributed by atoms with Crippen molar-refractivity contribution in [1.29, 1.82) is 0 Å². The second-order valence-electron chi connectivity index (χ2n) is 8.03. The minimum absolute atomic E-state index is 0.0209. The smallest absolute Gasteiger partial charge is 0.105 e. The third-order valence-corrected chi connectivity index (χ3v) is 6.47. The molecule has 5 nitrogen and oxygen atoms in total. The van der Waals surface area contributed by atoms with Crippen molar-refractivity contribution in [3.05, 3.63) is 81.8 Å². The number of likely N-dealkylation sites (N-methyl/N-ethyl adjacent to an activating group) is 1. The summed E-state index contributed by atoms with van der Waals surface area (Å²) < 4.78 is 2.14. The molecule has 0 radical (unpaired) electrons. The van der Waals surface area contributed by atoms with Gasteiger partial charge in [-0.1, -0.05) is 30.3 Å². The summed E-state index contributed by atoms with van der Waals surface area (Å²) in [4.78, 5) is 11.5. The average Bonchev–Trinajstić information content (AvgIpc) is 3.07. The van der Waals surface area contributed by atoms with Crippen molar-refractivity contribution in [3.8, 4) is 0 Å². The Morgan fingerprint density at radius 1 is 1.35 bits per heavy atom. The van der Waals surface area contributed by atoms with Crippen molar-refractivity contribution < 1.29 is 0 Å². The van der Waals surface area contributed by atoms with E-state index in [1.807, 2.05) is 34.0 Å². The Morgan fingerprint density at radius 3 is 2.61 bits per heavy atom. The number of halogens is 1. The third kappa shape index (κ3) is 4.25. The standard InChI is InChI=1S/C25H32ClN5/c1-9-22(30(7)15(2)3)24(23-14-28-17(5)31(23)8)18-10-11-21-19(12-18)25(26)20(13-27-6)16(4)29-21/h9-12,14,24,27H,2,13H2,1,3-8H3/b22-9-. The van der Waals surface area contributed by atoms with Crippen LogP contribution in [0.25, 0.3) is 10.9 Å². The number of benzene rings is 1. The highest BCUT2D eigenvalue weighted by Crippen LogP contribution is 2.38. The lowest BCUT2D eigenvalue weighted by molar-refractivity contribution is 0.483. The molecule has 0 spiro atoms. The largest absolute Gasteiger partial charge is 0.352 e. The molecule has 6 heteroatoms. The second-order valence-corrected chi connectivity index (χ2v) is 8.40. The Bertz CT molecular complexity index is 1160. The van der Waals surface area contributed by atoms with Crippen molar-refractivity contribution in [1.82, 2.24) is 24.8 Å². The zero-order chi connectivity index (χ0) is 22.9. The van der Waals surface area contributed by atoms with Gasteiger partial charge in [-0.3, -0.25) is 4.98 Å². The van der Waals surface area contributed by atoms with Crippen LogP contribution in [-0.2, 0) is 13.6 Å². The van der Waals surface area contributed by atoms with Gasteiger partial charge in [0.05, 0.1) is 22.2 Å². The summed E-state index contributed by atoms with van der Waals surface area (Å²) in [5.74, 6) is 0.952. The topological polar surface area (TPSA) is 46.0 Å². The summed E-state index contributed by atoms with van der Waals surface area (Å²) in [6, 6.07) is 6.38. The molecule has 0 saturated heterocycles. The van der Waals surface area contributed by atoms with Gasteiger partial charge in [0.2, 0.25) is 0 Å². The van der Waals surface area contributed by atoms with Crippen LogP contribution in [0.15, 0.2) is 48.4 Å². The molecule has 31 heavy (non-hydrogen) atoms. The molecule has 2 heterocycles. The van der Waals surface area contributed by atoms with E-state index in [0.717, 1.165) is 55.7 Å². The van der Waals surface area contributed by atoms with Crippen LogP contribution in [0.2, 0.25) is 5.02 Å². The summed E-state index contributed by atoms with van der Waals surface area (Å²) in [6.45, 7) is 12.9. The fraction of sp³-hybridized carbons (Fsp3) is 0.360. The molecule has 0 saturated carbocycles. The van der Waals surface area contributed by atoms with Crippen molar-refractivity contribution in [2.45, 2.75) is 40.2 Å². The van der Waals surface area contributed by atoms with Crippen LogP contribution in [-0.4, -0.2) is 33.5 Å². The van der Waals surface area contributed by atoms with Gasteiger partial charge in [-0.15, -0.1) is 0 Å². The number of rotatable bonds is 7. The Hall–Kier alpha value is -2.63. The molecule has 0 aliphatic heterocycles. The number of allylic oxidation sites excluding steroid dienone is 3. The molecule has 1 N–H and O–H groups in total. The van der Waals surface area contributed by atoms with Gasteiger partial charge >= 0.3 is 0 Å². The lowest BCUT2D eigenvalue weighted by Gasteiger charge is -2.30. The molecule has 1 aromatic carbocycles. The zero-order valence-electron chi connectivity index (χ0n) is 19.5. The van der Waals surface area contributed by atoms with Gasteiger partial charge in [-0.05, 0) is 52.4 Å². The first kappa shape index (κ1) is 23.0. The molecule has 1 unspecified atom stereocenters. The number of pyridine rings is 1. The first-order chi connectivity index (χ1) is 14.7. The maximum absolute atomic E-state index is 6.87. The van der Waals surface area contributed by atoms with E-state index in [1.165, 1.54) is 0 Å². The van der Waals surface area contributed by atoms with E-state index in [1.54, 1.807) is 0 Å². The monoisotopic (exact) mass is 437 g/mol. The molecule has 164 valence electrons.